The van der Waals surface area contributed by atoms with Crippen LogP contribution in [0.25, 0.3) is 16.7 Å². The highest BCUT2D eigenvalue weighted by atomic mass is 32.1. The van der Waals surface area contributed by atoms with Crippen LogP contribution in [-0.4, -0.2) is 40.4 Å². The Morgan fingerprint density at radius 3 is 2.17 bits per heavy atom. The van der Waals surface area contributed by atoms with Crippen molar-refractivity contribution in [2.75, 3.05) is 31.1 Å². The molecule has 3 aromatic carbocycles. The third kappa shape index (κ3) is 3.38. The quantitative estimate of drug-likeness (QED) is 0.501. The summed E-state index contributed by atoms with van der Waals surface area (Å²) in [6.07, 6.45) is 0. The van der Waals surface area contributed by atoms with E-state index in [1.807, 2.05) is 36.4 Å². The van der Waals surface area contributed by atoms with Crippen molar-refractivity contribution in [2.45, 2.75) is 6.67 Å². The molecule has 2 heterocycles. The number of imidazole rings is 1. The molecule has 5 nitrogen and oxygen atoms in total. The van der Waals surface area contributed by atoms with E-state index in [4.69, 9.17) is 12.2 Å². The molecule has 0 aliphatic carbocycles. The molecular weight excluding hydrogens is 392 g/mol. The van der Waals surface area contributed by atoms with Gasteiger partial charge in [-0.3, -0.25) is 9.13 Å². The summed E-state index contributed by atoms with van der Waals surface area (Å²) in [5, 5.41) is 10.2. The molecule has 1 saturated heterocycles. The van der Waals surface area contributed by atoms with Crippen LogP contribution in [0.3, 0.4) is 0 Å². The van der Waals surface area contributed by atoms with E-state index in [1.54, 1.807) is 6.07 Å². The van der Waals surface area contributed by atoms with Crippen molar-refractivity contribution in [2.24, 2.45) is 0 Å². The maximum absolute atomic E-state index is 10.2. The van der Waals surface area contributed by atoms with Gasteiger partial charge in [0.25, 0.3) is 0 Å². The second kappa shape index (κ2) is 7.97. The van der Waals surface area contributed by atoms with E-state index in [0.717, 1.165) is 54.5 Å². The van der Waals surface area contributed by atoms with Crippen molar-refractivity contribution < 1.29 is 10.0 Å². The Bertz CT molecular complexity index is 1220. The number of phenolic OH excluding ortho intramolecular Hbond substituents is 1. The van der Waals surface area contributed by atoms with Crippen molar-refractivity contribution in [1.82, 2.24) is 9.13 Å². The highest BCUT2D eigenvalue weighted by molar-refractivity contribution is 7.71. The summed E-state index contributed by atoms with van der Waals surface area (Å²) in [7, 11) is 0. The summed E-state index contributed by atoms with van der Waals surface area (Å²) in [5.74, 6) is 0.356. The van der Waals surface area contributed by atoms with Crippen LogP contribution >= 0.6 is 12.2 Å². The van der Waals surface area contributed by atoms with Gasteiger partial charge in [0, 0.05) is 5.69 Å². The first-order valence-electron chi connectivity index (χ1n) is 10.3. The molecule has 0 radical (unpaired) electrons. The number of nitrogens with zero attached hydrogens (tertiary/aromatic N) is 3. The maximum atomic E-state index is 10.2. The van der Waals surface area contributed by atoms with Crippen LogP contribution < -0.4 is 9.80 Å². The molecule has 1 aliphatic heterocycles. The zero-order valence-electron chi connectivity index (χ0n) is 16.7. The van der Waals surface area contributed by atoms with E-state index in [9.17, 15) is 5.11 Å². The Kier molecular flexibility index (Phi) is 5.02. The normalized spacial score (nSPS) is 15.0. The minimum absolute atomic E-state index is 0.356. The number of benzene rings is 3. The van der Waals surface area contributed by atoms with Crippen LogP contribution in [0, 0.1) is 4.77 Å². The van der Waals surface area contributed by atoms with Gasteiger partial charge in [0.2, 0.25) is 0 Å². The molecule has 0 amide bonds. The van der Waals surface area contributed by atoms with Gasteiger partial charge in [0.1, 0.15) is 5.75 Å². The number of aromatic hydroxyl groups is 1. The first-order valence-corrected chi connectivity index (χ1v) is 10.8. The average Bonchev–Trinajstić information content (AvgIpc) is 3.07. The third-order valence-electron chi connectivity index (χ3n) is 5.92. The maximum Gasteiger partial charge on any atom is 0.189 e. The van der Waals surface area contributed by atoms with Crippen LogP contribution in [0.5, 0.6) is 5.75 Å². The van der Waals surface area contributed by atoms with E-state index >= 15 is 0 Å². The molecular formula is C24H25N4OS+. The van der Waals surface area contributed by atoms with E-state index in [1.165, 1.54) is 10.4 Å². The summed E-state index contributed by atoms with van der Waals surface area (Å²) < 4.78 is 5.27. The first-order chi connectivity index (χ1) is 14.7. The highest BCUT2D eigenvalue weighted by Crippen LogP contribution is 2.26. The Hall–Kier alpha value is -3.09. The number of hydrogen-bond donors (Lipinski definition) is 2. The highest BCUT2D eigenvalue weighted by Gasteiger charge is 2.23. The third-order valence-corrected chi connectivity index (χ3v) is 6.33. The molecule has 4 aromatic rings. The zero-order valence-corrected chi connectivity index (χ0v) is 17.6. The molecule has 0 bridgehead atoms. The molecule has 152 valence electrons. The van der Waals surface area contributed by atoms with Gasteiger partial charge in [0.05, 0.1) is 42.9 Å². The van der Waals surface area contributed by atoms with Crippen molar-refractivity contribution in [3.63, 3.8) is 0 Å². The molecule has 30 heavy (non-hydrogen) atoms. The van der Waals surface area contributed by atoms with E-state index in [-0.39, 0.29) is 0 Å². The predicted molar refractivity (Wildman–Crippen MR) is 123 cm³/mol. The van der Waals surface area contributed by atoms with Gasteiger partial charge in [-0.15, -0.1) is 0 Å². The smallest absolute Gasteiger partial charge is 0.189 e. The number of piperazine rings is 1. The fourth-order valence-electron chi connectivity index (χ4n) is 4.36. The van der Waals surface area contributed by atoms with E-state index < -0.39 is 0 Å². The molecule has 1 aromatic heterocycles. The van der Waals surface area contributed by atoms with Gasteiger partial charge < -0.3 is 14.9 Å². The largest absolute Gasteiger partial charge is 0.506 e. The Labute approximate surface area is 181 Å². The van der Waals surface area contributed by atoms with Gasteiger partial charge >= 0.3 is 0 Å². The number of hydrogen-bond acceptors (Lipinski definition) is 3. The van der Waals surface area contributed by atoms with Crippen molar-refractivity contribution >= 4 is 28.9 Å². The standard InChI is InChI=1S/C24H24N4OS/c29-23-13-7-6-12-22(23)26-16-14-25(15-17-26)18-27-20-10-4-5-11-21(20)28(24(27)30)19-8-2-1-3-9-19/h1-13,29H,14-18H2/p+1. The monoisotopic (exact) mass is 417 g/mol. The number of fused-ring (bicyclic) bond motifs is 1. The number of aromatic nitrogens is 2. The van der Waals surface area contributed by atoms with Crippen LogP contribution in [-0.2, 0) is 6.67 Å². The van der Waals surface area contributed by atoms with Gasteiger partial charge in [-0.1, -0.05) is 42.5 Å². The van der Waals surface area contributed by atoms with Crippen molar-refractivity contribution in [3.8, 4) is 11.4 Å². The second-order valence-corrected chi connectivity index (χ2v) is 8.12. The Morgan fingerprint density at radius 2 is 1.43 bits per heavy atom. The first kappa shape index (κ1) is 18.9. The van der Waals surface area contributed by atoms with Gasteiger partial charge in [0.15, 0.2) is 11.4 Å². The average molecular weight is 418 g/mol. The molecule has 2 N–H and O–H groups in total. The van der Waals surface area contributed by atoms with Crippen LogP contribution in [0.15, 0.2) is 78.9 Å². The summed E-state index contributed by atoms with van der Waals surface area (Å²) >= 11 is 5.93. The topological polar surface area (TPSA) is 37.8 Å². The van der Waals surface area contributed by atoms with E-state index in [2.05, 4.69) is 50.4 Å². The number of phenols is 1. The minimum atomic E-state index is 0.356. The number of nitrogens with one attached hydrogen (secondary N) is 1. The molecule has 0 atom stereocenters. The summed E-state index contributed by atoms with van der Waals surface area (Å²) in [5.41, 5.74) is 4.33. The number of rotatable bonds is 4. The van der Waals surface area contributed by atoms with Gasteiger partial charge in [-0.25, -0.2) is 0 Å². The van der Waals surface area contributed by atoms with Crippen molar-refractivity contribution in [1.29, 1.82) is 0 Å². The SMILES string of the molecule is Oc1ccccc1N1CC[NH+](Cn2c(=S)n(-c3ccccc3)c3ccccc32)CC1. The Balaban J connectivity index is 1.41. The zero-order chi connectivity index (χ0) is 20.5. The van der Waals surface area contributed by atoms with Crippen molar-refractivity contribution in [3.05, 3.63) is 83.6 Å². The Morgan fingerprint density at radius 1 is 0.800 bits per heavy atom. The second-order valence-electron chi connectivity index (χ2n) is 7.75. The number of para-hydroxylation sites is 5. The van der Waals surface area contributed by atoms with Crippen LogP contribution in [0.4, 0.5) is 5.69 Å². The summed E-state index contributed by atoms with van der Waals surface area (Å²) in [6, 6.07) is 26.4. The lowest BCUT2D eigenvalue weighted by molar-refractivity contribution is -0.923. The molecule has 0 spiro atoms. The van der Waals surface area contributed by atoms with Gasteiger partial charge in [-0.05, 0) is 48.6 Å². The number of anilines is 1. The van der Waals surface area contributed by atoms with E-state index in [0.29, 0.717) is 5.75 Å². The number of quaternary nitrogens is 1. The predicted octanol–water partition coefficient (Wildman–Crippen LogP) is 3.23. The summed E-state index contributed by atoms with van der Waals surface area (Å²) in [4.78, 5) is 3.76. The molecule has 1 aliphatic rings. The minimum Gasteiger partial charge on any atom is -0.506 e. The summed E-state index contributed by atoms with van der Waals surface area (Å²) in [6.45, 7) is 4.67. The fourth-order valence-corrected chi connectivity index (χ4v) is 4.73. The van der Waals surface area contributed by atoms with Crippen LogP contribution in [0.1, 0.15) is 0 Å². The van der Waals surface area contributed by atoms with Crippen LogP contribution in [0.2, 0.25) is 0 Å². The molecule has 0 saturated carbocycles. The lowest BCUT2D eigenvalue weighted by atomic mass is 10.2. The lowest BCUT2D eigenvalue weighted by Crippen LogP contribution is -3.14. The lowest BCUT2D eigenvalue weighted by Gasteiger charge is -2.34. The molecule has 6 heteroatoms. The fraction of sp³-hybridized carbons (Fsp3) is 0.208. The van der Waals surface area contributed by atoms with Gasteiger partial charge in [-0.2, -0.15) is 0 Å². The molecule has 1 fully saturated rings. The molecule has 0 unspecified atom stereocenters. The molecule has 5 rings (SSSR count).